The van der Waals surface area contributed by atoms with Crippen molar-refractivity contribution in [2.24, 2.45) is 0 Å². The minimum atomic E-state index is -0.733. The number of nitrogens with one attached hydrogen (secondary N) is 1. The maximum atomic E-state index is 12.7. The van der Waals surface area contributed by atoms with Gasteiger partial charge in [-0.2, -0.15) is 0 Å². The zero-order valence-electron chi connectivity index (χ0n) is 18.4. The van der Waals surface area contributed by atoms with Gasteiger partial charge in [-0.25, -0.2) is 9.69 Å². The van der Waals surface area contributed by atoms with Crippen molar-refractivity contribution in [2.75, 3.05) is 25.2 Å². The number of carbonyl (C=O) groups is 4. The predicted molar refractivity (Wildman–Crippen MR) is 124 cm³/mol. The van der Waals surface area contributed by atoms with Crippen LogP contribution in [-0.2, 0) is 16.0 Å². The second kappa shape index (κ2) is 9.99. The molecule has 0 saturated carbocycles. The molecule has 0 bridgehead atoms. The minimum absolute atomic E-state index is 0.125. The third kappa shape index (κ3) is 4.80. The molecule has 0 atom stereocenters. The van der Waals surface area contributed by atoms with Crippen molar-refractivity contribution in [1.29, 1.82) is 0 Å². The van der Waals surface area contributed by atoms with Gasteiger partial charge in [-0.1, -0.05) is 30.3 Å². The van der Waals surface area contributed by atoms with Crippen LogP contribution < -0.4 is 15.0 Å². The molecule has 0 unspecified atom stereocenters. The number of ether oxygens (including phenoxy) is 2. The van der Waals surface area contributed by atoms with E-state index in [0.717, 1.165) is 16.2 Å². The standard InChI is InChI=1S/C26H22N2O6/c1-33-20-11-9-17(10-12-20)13-14-27-23(29)16-34-26(32)18-5-4-6-19(15-18)28-24(30)21-7-2-3-8-22(21)25(28)31/h2-12,15H,13-14,16H2,1H3,(H,27,29). The number of carbonyl (C=O) groups excluding carboxylic acids is 4. The lowest BCUT2D eigenvalue weighted by atomic mass is 10.1. The smallest absolute Gasteiger partial charge is 0.338 e. The number of esters is 1. The number of rotatable bonds is 8. The van der Waals surface area contributed by atoms with Gasteiger partial charge in [-0.3, -0.25) is 14.4 Å². The quantitative estimate of drug-likeness (QED) is 0.411. The van der Waals surface area contributed by atoms with E-state index in [0.29, 0.717) is 24.1 Å². The summed E-state index contributed by atoms with van der Waals surface area (Å²) in [6.45, 7) is -0.0589. The summed E-state index contributed by atoms with van der Waals surface area (Å²) in [4.78, 5) is 50.9. The summed E-state index contributed by atoms with van der Waals surface area (Å²) in [5, 5.41) is 2.70. The summed E-state index contributed by atoms with van der Waals surface area (Å²) in [6, 6.07) is 20.0. The number of amides is 3. The van der Waals surface area contributed by atoms with Gasteiger partial charge < -0.3 is 14.8 Å². The number of methoxy groups -OCH3 is 1. The molecule has 4 rings (SSSR count). The van der Waals surface area contributed by atoms with Crippen LogP contribution in [0.1, 0.15) is 36.6 Å². The van der Waals surface area contributed by atoms with Crippen molar-refractivity contribution in [3.63, 3.8) is 0 Å². The van der Waals surface area contributed by atoms with Gasteiger partial charge in [0.15, 0.2) is 6.61 Å². The number of nitrogens with zero attached hydrogens (tertiary/aromatic N) is 1. The van der Waals surface area contributed by atoms with Crippen LogP contribution in [-0.4, -0.2) is 44.0 Å². The number of fused-ring (bicyclic) bond motifs is 1. The molecule has 1 aliphatic rings. The topological polar surface area (TPSA) is 102 Å². The first kappa shape index (κ1) is 22.7. The van der Waals surface area contributed by atoms with Crippen LogP contribution >= 0.6 is 0 Å². The Labute approximate surface area is 196 Å². The summed E-state index contributed by atoms with van der Waals surface area (Å²) in [5.74, 6) is -1.32. The lowest BCUT2D eigenvalue weighted by molar-refractivity contribution is -0.124. The third-order valence-corrected chi connectivity index (χ3v) is 5.36. The number of hydrogen-bond acceptors (Lipinski definition) is 6. The number of anilines is 1. The molecule has 8 heteroatoms. The fourth-order valence-electron chi connectivity index (χ4n) is 3.60. The summed E-state index contributed by atoms with van der Waals surface area (Å²) in [7, 11) is 1.59. The number of benzene rings is 3. The maximum Gasteiger partial charge on any atom is 0.338 e. The Hall–Kier alpha value is -4.46. The second-order valence-electron chi connectivity index (χ2n) is 7.57. The van der Waals surface area contributed by atoms with E-state index >= 15 is 0 Å². The highest BCUT2D eigenvalue weighted by atomic mass is 16.5. The third-order valence-electron chi connectivity index (χ3n) is 5.36. The molecule has 172 valence electrons. The first-order valence-corrected chi connectivity index (χ1v) is 10.6. The average Bonchev–Trinajstić information content (AvgIpc) is 3.13. The van der Waals surface area contributed by atoms with Crippen LogP contribution in [0.4, 0.5) is 5.69 Å². The van der Waals surface area contributed by atoms with Gasteiger partial charge in [0.1, 0.15) is 5.75 Å². The molecule has 0 aliphatic carbocycles. The van der Waals surface area contributed by atoms with Crippen molar-refractivity contribution in [3.8, 4) is 5.75 Å². The Kier molecular flexibility index (Phi) is 6.68. The van der Waals surface area contributed by atoms with E-state index in [-0.39, 0.29) is 11.3 Å². The first-order chi connectivity index (χ1) is 16.5. The van der Waals surface area contributed by atoms with E-state index in [1.165, 1.54) is 12.1 Å². The molecule has 3 aromatic carbocycles. The zero-order valence-corrected chi connectivity index (χ0v) is 18.4. The molecule has 0 saturated heterocycles. The fraction of sp³-hybridized carbons (Fsp3) is 0.154. The average molecular weight is 458 g/mol. The second-order valence-corrected chi connectivity index (χ2v) is 7.57. The van der Waals surface area contributed by atoms with E-state index in [1.54, 1.807) is 43.5 Å². The van der Waals surface area contributed by atoms with Crippen LogP contribution in [0.3, 0.4) is 0 Å². The highest BCUT2D eigenvalue weighted by Crippen LogP contribution is 2.28. The lowest BCUT2D eigenvalue weighted by Crippen LogP contribution is -2.31. The summed E-state index contributed by atoms with van der Waals surface area (Å²) in [6.07, 6.45) is 0.617. The van der Waals surface area contributed by atoms with E-state index in [1.807, 2.05) is 24.3 Å². The number of imide groups is 1. The molecule has 0 fully saturated rings. The molecule has 3 aromatic rings. The summed E-state index contributed by atoms with van der Waals surface area (Å²) < 4.78 is 10.2. The van der Waals surface area contributed by atoms with E-state index < -0.39 is 30.3 Å². The van der Waals surface area contributed by atoms with Crippen LogP contribution in [0.15, 0.2) is 72.8 Å². The maximum absolute atomic E-state index is 12.7. The van der Waals surface area contributed by atoms with Crippen LogP contribution in [0.25, 0.3) is 0 Å². The first-order valence-electron chi connectivity index (χ1n) is 10.6. The van der Waals surface area contributed by atoms with Crippen LogP contribution in [0, 0.1) is 0 Å². The van der Waals surface area contributed by atoms with E-state index in [4.69, 9.17) is 9.47 Å². The van der Waals surface area contributed by atoms with Crippen molar-refractivity contribution in [1.82, 2.24) is 5.32 Å². The zero-order chi connectivity index (χ0) is 24.1. The van der Waals surface area contributed by atoms with Crippen molar-refractivity contribution < 1.29 is 28.7 Å². The van der Waals surface area contributed by atoms with Gasteiger partial charge in [-0.15, -0.1) is 0 Å². The number of hydrogen-bond donors (Lipinski definition) is 1. The van der Waals surface area contributed by atoms with Gasteiger partial charge >= 0.3 is 5.97 Å². The van der Waals surface area contributed by atoms with Crippen LogP contribution in [0.5, 0.6) is 5.75 Å². The Morgan fingerprint density at radius 1 is 0.882 bits per heavy atom. The SMILES string of the molecule is COc1ccc(CCNC(=O)COC(=O)c2cccc(N3C(=O)c4ccccc4C3=O)c2)cc1. The fourth-order valence-corrected chi connectivity index (χ4v) is 3.60. The molecule has 0 spiro atoms. The molecule has 3 amide bonds. The van der Waals surface area contributed by atoms with Crippen molar-refractivity contribution in [3.05, 3.63) is 95.1 Å². The lowest BCUT2D eigenvalue weighted by Gasteiger charge is -2.14. The molecule has 1 aliphatic heterocycles. The molecular formula is C26H22N2O6. The summed E-state index contributed by atoms with van der Waals surface area (Å²) >= 11 is 0. The highest BCUT2D eigenvalue weighted by Gasteiger charge is 2.36. The molecule has 0 radical (unpaired) electrons. The molecule has 1 N–H and O–H groups in total. The van der Waals surface area contributed by atoms with Gasteiger partial charge in [-0.05, 0) is 54.4 Å². The van der Waals surface area contributed by atoms with Crippen molar-refractivity contribution >= 4 is 29.4 Å². The van der Waals surface area contributed by atoms with Gasteiger partial charge in [0.25, 0.3) is 17.7 Å². The molecule has 1 heterocycles. The highest BCUT2D eigenvalue weighted by molar-refractivity contribution is 6.34. The predicted octanol–water partition coefficient (Wildman–Crippen LogP) is 3.01. The van der Waals surface area contributed by atoms with Crippen LogP contribution in [0.2, 0.25) is 0 Å². The molecule has 0 aromatic heterocycles. The van der Waals surface area contributed by atoms with Gasteiger partial charge in [0.05, 0.1) is 29.5 Å². The van der Waals surface area contributed by atoms with Gasteiger partial charge in [0, 0.05) is 6.54 Å². The van der Waals surface area contributed by atoms with E-state index in [2.05, 4.69) is 5.32 Å². The Morgan fingerprint density at radius 2 is 1.56 bits per heavy atom. The van der Waals surface area contributed by atoms with Gasteiger partial charge in [0.2, 0.25) is 0 Å². The normalized spacial score (nSPS) is 12.3. The Morgan fingerprint density at radius 3 is 2.21 bits per heavy atom. The van der Waals surface area contributed by atoms with Crippen molar-refractivity contribution in [2.45, 2.75) is 6.42 Å². The van der Waals surface area contributed by atoms with E-state index in [9.17, 15) is 19.2 Å². The molecule has 34 heavy (non-hydrogen) atoms. The molecular weight excluding hydrogens is 436 g/mol. The molecule has 8 nitrogen and oxygen atoms in total. The minimum Gasteiger partial charge on any atom is -0.497 e. The summed E-state index contributed by atoms with van der Waals surface area (Å²) in [5.41, 5.74) is 2.03. The monoisotopic (exact) mass is 458 g/mol. The Bertz CT molecular complexity index is 1220. The Balaban J connectivity index is 1.31. The largest absolute Gasteiger partial charge is 0.497 e.